The van der Waals surface area contributed by atoms with Gasteiger partial charge in [-0.25, -0.2) is 9.59 Å². The van der Waals surface area contributed by atoms with Gasteiger partial charge in [0.2, 0.25) is 0 Å². The van der Waals surface area contributed by atoms with E-state index in [0.29, 0.717) is 0 Å². The lowest BCUT2D eigenvalue weighted by Gasteiger charge is -2.10. The molecule has 0 spiro atoms. The smallest absolute Gasteiger partial charge is 0.345 e. The topological polar surface area (TPSA) is 115 Å². The van der Waals surface area contributed by atoms with Gasteiger partial charge < -0.3 is 9.72 Å². The van der Waals surface area contributed by atoms with Gasteiger partial charge in [-0.1, -0.05) is 17.7 Å². The summed E-state index contributed by atoms with van der Waals surface area (Å²) < 4.78 is 4.95. The molecule has 1 heterocycles. The minimum absolute atomic E-state index is 0.00414. The zero-order chi connectivity index (χ0) is 17.1. The molecule has 0 bridgehead atoms. The summed E-state index contributed by atoms with van der Waals surface area (Å²) >= 11 is 5.77. The van der Waals surface area contributed by atoms with Crippen molar-refractivity contribution >= 4 is 23.3 Å². The Hall–Kier alpha value is -2.74. The molecule has 0 saturated heterocycles. The molecule has 2 rings (SSSR count). The minimum Gasteiger partial charge on any atom is -0.462 e. The molecule has 0 radical (unpaired) electrons. The van der Waals surface area contributed by atoms with Gasteiger partial charge in [0.1, 0.15) is 10.6 Å². The summed E-state index contributed by atoms with van der Waals surface area (Å²) in [6.07, 6.45) is 0. The standard InChI is InChI=1S/C14H12ClN3O5/c1-3-23-13(19)11-7(2)16-14(20)17-12(11)8-4-5-9(15)10(6-8)18(21)22/h4-6H,3H2,1-2H3,(H,16,17,20). The molecule has 0 unspecified atom stereocenters. The Bertz CT molecular complexity index is 847. The van der Waals surface area contributed by atoms with Gasteiger partial charge in [-0.3, -0.25) is 10.1 Å². The Morgan fingerprint density at radius 2 is 2.17 bits per heavy atom. The fraction of sp³-hybridized carbons (Fsp3) is 0.214. The van der Waals surface area contributed by atoms with Crippen molar-refractivity contribution in [1.29, 1.82) is 0 Å². The SMILES string of the molecule is CCOC(=O)c1c(-c2ccc(Cl)c([N+](=O)[O-])c2)nc(=O)[nH]c1C. The molecule has 1 N–H and O–H groups in total. The summed E-state index contributed by atoms with van der Waals surface area (Å²) in [6, 6.07) is 3.91. The number of hydrogen-bond donors (Lipinski definition) is 1. The van der Waals surface area contributed by atoms with Crippen molar-refractivity contribution < 1.29 is 14.5 Å². The van der Waals surface area contributed by atoms with E-state index < -0.39 is 16.6 Å². The maximum atomic E-state index is 12.1. The highest BCUT2D eigenvalue weighted by Crippen LogP contribution is 2.31. The predicted octanol–water partition coefficient (Wildman–Crippen LogP) is 2.48. The summed E-state index contributed by atoms with van der Waals surface area (Å²) in [5.41, 5.74) is -0.496. The first-order valence-electron chi connectivity index (χ1n) is 6.57. The molecule has 23 heavy (non-hydrogen) atoms. The van der Waals surface area contributed by atoms with Crippen LogP contribution in [0.4, 0.5) is 5.69 Å². The van der Waals surface area contributed by atoms with Crippen LogP contribution in [0.25, 0.3) is 11.3 Å². The second-order valence-corrected chi connectivity index (χ2v) is 4.94. The Morgan fingerprint density at radius 1 is 1.48 bits per heavy atom. The zero-order valence-corrected chi connectivity index (χ0v) is 13.0. The third kappa shape index (κ3) is 3.37. The van der Waals surface area contributed by atoms with E-state index in [-0.39, 0.29) is 39.8 Å². The largest absolute Gasteiger partial charge is 0.462 e. The van der Waals surface area contributed by atoms with E-state index in [4.69, 9.17) is 16.3 Å². The third-order valence-corrected chi connectivity index (χ3v) is 3.34. The average Bonchev–Trinajstić information content (AvgIpc) is 2.46. The summed E-state index contributed by atoms with van der Waals surface area (Å²) in [4.78, 5) is 40.3. The number of aryl methyl sites for hydroxylation is 1. The van der Waals surface area contributed by atoms with Crippen LogP contribution in [0, 0.1) is 17.0 Å². The number of nitro groups is 1. The van der Waals surface area contributed by atoms with Crippen molar-refractivity contribution in [2.45, 2.75) is 13.8 Å². The number of ether oxygens (including phenoxy) is 1. The molecule has 8 nitrogen and oxygen atoms in total. The van der Waals surface area contributed by atoms with Crippen molar-refractivity contribution in [3.63, 3.8) is 0 Å². The lowest BCUT2D eigenvalue weighted by Crippen LogP contribution is -2.19. The van der Waals surface area contributed by atoms with Crippen LogP contribution in [0.1, 0.15) is 23.0 Å². The Labute approximate surface area is 135 Å². The maximum absolute atomic E-state index is 12.1. The van der Waals surface area contributed by atoms with Crippen molar-refractivity contribution in [1.82, 2.24) is 9.97 Å². The number of benzene rings is 1. The van der Waals surface area contributed by atoms with Gasteiger partial charge in [0, 0.05) is 17.3 Å². The summed E-state index contributed by atoms with van der Waals surface area (Å²) in [5.74, 6) is -0.679. The van der Waals surface area contributed by atoms with Gasteiger partial charge >= 0.3 is 11.7 Å². The van der Waals surface area contributed by atoms with Crippen LogP contribution in [0.3, 0.4) is 0 Å². The van der Waals surface area contributed by atoms with Crippen molar-refractivity contribution in [3.05, 3.63) is 55.1 Å². The fourth-order valence-corrected chi connectivity index (χ4v) is 2.23. The maximum Gasteiger partial charge on any atom is 0.345 e. The van der Waals surface area contributed by atoms with Crippen molar-refractivity contribution in [2.75, 3.05) is 6.61 Å². The number of rotatable bonds is 4. The van der Waals surface area contributed by atoms with Gasteiger partial charge in [0.25, 0.3) is 5.69 Å². The molecule has 0 amide bonds. The van der Waals surface area contributed by atoms with E-state index in [1.54, 1.807) is 6.92 Å². The number of aromatic amines is 1. The molecule has 0 fully saturated rings. The number of esters is 1. The van der Waals surface area contributed by atoms with Crippen LogP contribution in [0.2, 0.25) is 5.02 Å². The molecular weight excluding hydrogens is 326 g/mol. The van der Waals surface area contributed by atoms with Crippen molar-refractivity contribution in [2.24, 2.45) is 0 Å². The van der Waals surface area contributed by atoms with E-state index in [9.17, 15) is 19.7 Å². The Kier molecular flexibility index (Phi) is 4.75. The minimum atomic E-state index is -0.679. The van der Waals surface area contributed by atoms with Crippen LogP contribution < -0.4 is 5.69 Å². The summed E-state index contributed by atoms with van der Waals surface area (Å²) in [5, 5.41) is 10.9. The Morgan fingerprint density at radius 3 is 2.78 bits per heavy atom. The number of hydrogen-bond acceptors (Lipinski definition) is 6. The second-order valence-electron chi connectivity index (χ2n) is 4.53. The quantitative estimate of drug-likeness (QED) is 0.520. The second kappa shape index (κ2) is 6.57. The zero-order valence-electron chi connectivity index (χ0n) is 12.3. The molecule has 0 aliphatic heterocycles. The fourth-order valence-electron chi connectivity index (χ4n) is 2.05. The van der Waals surface area contributed by atoms with Crippen LogP contribution >= 0.6 is 11.6 Å². The normalized spacial score (nSPS) is 10.4. The molecular formula is C14H12ClN3O5. The van der Waals surface area contributed by atoms with Crippen LogP contribution in [-0.4, -0.2) is 27.5 Å². The highest BCUT2D eigenvalue weighted by molar-refractivity contribution is 6.32. The number of aromatic nitrogens is 2. The van der Waals surface area contributed by atoms with Gasteiger partial charge in [-0.05, 0) is 19.9 Å². The molecule has 0 aliphatic carbocycles. The molecule has 120 valence electrons. The van der Waals surface area contributed by atoms with Crippen LogP contribution in [-0.2, 0) is 4.74 Å². The molecule has 1 aromatic carbocycles. The molecule has 1 aromatic heterocycles. The first-order chi connectivity index (χ1) is 10.8. The third-order valence-electron chi connectivity index (χ3n) is 3.02. The van der Waals surface area contributed by atoms with E-state index in [2.05, 4.69) is 9.97 Å². The first-order valence-corrected chi connectivity index (χ1v) is 6.95. The molecule has 9 heteroatoms. The highest BCUT2D eigenvalue weighted by atomic mass is 35.5. The predicted molar refractivity (Wildman–Crippen MR) is 82.7 cm³/mol. The van der Waals surface area contributed by atoms with Crippen LogP contribution in [0.5, 0.6) is 0 Å². The summed E-state index contributed by atoms with van der Waals surface area (Å²) in [6.45, 7) is 3.29. The number of carbonyl (C=O) groups is 1. The number of halogens is 1. The molecule has 0 saturated carbocycles. The lowest BCUT2D eigenvalue weighted by molar-refractivity contribution is -0.384. The van der Waals surface area contributed by atoms with Crippen LogP contribution in [0.15, 0.2) is 23.0 Å². The van der Waals surface area contributed by atoms with Gasteiger partial charge in [0.05, 0.1) is 17.2 Å². The number of H-pyrrole nitrogens is 1. The van der Waals surface area contributed by atoms with Gasteiger partial charge in [-0.2, -0.15) is 4.98 Å². The van der Waals surface area contributed by atoms with E-state index in [0.717, 1.165) is 6.07 Å². The highest BCUT2D eigenvalue weighted by Gasteiger charge is 2.22. The van der Waals surface area contributed by atoms with Gasteiger partial charge in [-0.15, -0.1) is 0 Å². The van der Waals surface area contributed by atoms with E-state index in [1.165, 1.54) is 19.1 Å². The monoisotopic (exact) mass is 337 g/mol. The van der Waals surface area contributed by atoms with Crippen molar-refractivity contribution in [3.8, 4) is 11.3 Å². The number of nitrogens with one attached hydrogen (secondary N) is 1. The average molecular weight is 338 g/mol. The molecule has 2 aromatic rings. The van der Waals surface area contributed by atoms with E-state index in [1.807, 2.05) is 0 Å². The van der Waals surface area contributed by atoms with E-state index >= 15 is 0 Å². The molecule has 0 atom stereocenters. The van der Waals surface area contributed by atoms with Gasteiger partial charge in [0.15, 0.2) is 0 Å². The lowest BCUT2D eigenvalue weighted by atomic mass is 10.0. The summed E-state index contributed by atoms with van der Waals surface area (Å²) in [7, 11) is 0. The molecule has 0 aliphatic rings. The number of nitrogens with zero attached hydrogens (tertiary/aromatic N) is 2. The number of carbonyl (C=O) groups excluding carboxylic acids is 1. The Balaban J connectivity index is 2.72. The first kappa shape index (κ1) is 16.6. The number of nitro benzene ring substituents is 1.